The molecule has 5 heteroatoms. The third-order valence-electron chi connectivity index (χ3n) is 4.19. The van der Waals surface area contributed by atoms with Crippen molar-refractivity contribution in [1.82, 2.24) is 4.90 Å². The molecule has 0 saturated carbocycles. The van der Waals surface area contributed by atoms with E-state index >= 15 is 0 Å². The minimum absolute atomic E-state index is 0.0297. The number of carbonyl (C=O) groups excluding carboxylic acids is 2. The summed E-state index contributed by atoms with van der Waals surface area (Å²) in [6.45, 7) is 13.6. The Morgan fingerprint density at radius 2 is 1.78 bits per heavy atom. The molecule has 1 N–H and O–H groups in total. The van der Waals surface area contributed by atoms with Gasteiger partial charge in [-0.3, -0.25) is 9.59 Å². The van der Waals surface area contributed by atoms with Crippen molar-refractivity contribution in [3.05, 3.63) is 16.5 Å². The molecule has 1 fully saturated rings. The highest BCUT2D eigenvalue weighted by Gasteiger charge is 2.28. The average Bonchev–Trinajstić information content (AvgIpc) is 2.76. The normalized spacial score (nSPS) is 22.1. The zero-order valence-corrected chi connectivity index (χ0v) is 15.8. The van der Waals surface area contributed by atoms with Crippen molar-refractivity contribution in [2.24, 2.45) is 17.3 Å². The summed E-state index contributed by atoms with van der Waals surface area (Å²) in [5, 5.41) is 3.68. The van der Waals surface area contributed by atoms with E-state index in [0.717, 1.165) is 28.5 Å². The maximum atomic E-state index is 12.8. The van der Waals surface area contributed by atoms with Gasteiger partial charge in [0.25, 0.3) is 5.91 Å². The van der Waals surface area contributed by atoms with Gasteiger partial charge in [0.15, 0.2) is 0 Å². The number of amides is 2. The molecule has 23 heavy (non-hydrogen) atoms. The largest absolute Gasteiger partial charge is 0.337 e. The average molecular weight is 337 g/mol. The van der Waals surface area contributed by atoms with Crippen molar-refractivity contribution in [1.29, 1.82) is 0 Å². The Labute approximate surface area is 143 Å². The van der Waals surface area contributed by atoms with Crippen LogP contribution in [0.3, 0.4) is 0 Å². The van der Waals surface area contributed by atoms with Gasteiger partial charge in [0, 0.05) is 18.5 Å². The van der Waals surface area contributed by atoms with Crippen LogP contribution >= 0.6 is 11.3 Å². The van der Waals surface area contributed by atoms with Crippen molar-refractivity contribution >= 4 is 28.2 Å². The van der Waals surface area contributed by atoms with Crippen LogP contribution in [0.5, 0.6) is 0 Å². The minimum atomic E-state index is -0.445. The van der Waals surface area contributed by atoms with Crippen LogP contribution in [-0.4, -0.2) is 29.8 Å². The van der Waals surface area contributed by atoms with Crippen LogP contribution in [0.1, 0.15) is 56.3 Å². The molecule has 0 aromatic carbocycles. The number of hydrogen-bond acceptors (Lipinski definition) is 3. The zero-order chi connectivity index (χ0) is 17.4. The van der Waals surface area contributed by atoms with Gasteiger partial charge in [-0.25, -0.2) is 0 Å². The van der Waals surface area contributed by atoms with Gasteiger partial charge in [0.2, 0.25) is 5.91 Å². The first-order valence-electron chi connectivity index (χ1n) is 8.29. The maximum Gasteiger partial charge on any atom is 0.264 e. The first kappa shape index (κ1) is 18.0. The molecule has 0 spiro atoms. The minimum Gasteiger partial charge on any atom is -0.337 e. The van der Waals surface area contributed by atoms with Crippen LogP contribution in [0, 0.1) is 24.2 Å². The Morgan fingerprint density at radius 1 is 1.22 bits per heavy atom. The predicted molar refractivity (Wildman–Crippen MR) is 96.0 cm³/mol. The molecule has 1 aliphatic heterocycles. The smallest absolute Gasteiger partial charge is 0.264 e. The van der Waals surface area contributed by atoms with Crippen LogP contribution in [-0.2, 0) is 4.79 Å². The van der Waals surface area contributed by atoms with Gasteiger partial charge >= 0.3 is 0 Å². The van der Waals surface area contributed by atoms with E-state index in [0.29, 0.717) is 11.8 Å². The van der Waals surface area contributed by atoms with E-state index in [4.69, 9.17) is 0 Å². The van der Waals surface area contributed by atoms with E-state index in [1.165, 1.54) is 17.8 Å². The van der Waals surface area contributed by atoms with Gasteiger partial charge < -0.3 is 10.2 Å². The Kier molecular flexibility index (Phi) is 5.19. The number of likely N-dealkylation sites (tertiary alicyclic amines) is 1. The summed E-state index contributed by atoms with van der Waals surface area (Å²) in [6, 6.07) is 1.90. The highest BCUT2D eigenvalue weighted by molar-refractivity contribution is 7.18. The molecule has 1 aliphatic rings. The summed E-state index contributed by atoms with van der Waals surface area (Å²) in [7, 11) is 0. The second-order valence-corrected chi connectivity index (χ2v) is 9.04. The van der Waals surface area contributed by atoms with E-state index in [1.807, 2.05) is 38.7 Å². The number of anilines is 1. The molecule has 0 aliphatic carbocycles. The first-order valence-corrected chi connectivity index (χ1v) is 9.10. The molecule has 0 radical (unpaired) electrons. The molecule has 0 bridgehead atoms. The lowest BCUT2D eigenvalue weighted by molar-refractivity contribution is -0.123. The molecule has 2 atom stereocenters. The lowest BCUT2D eigenvalue weighted by Gasteiger charge is -2.34. The van der Waals surface area contributed by atoms with Gasteiger partial charge in [-0.15, -0.1) is 11.3 Å². The van der Waals surface area contributed by atoms with Crippen molar-refractivity contribution in [2.75, 3.05) is 18.4 Å². The number of rotatable bonds is 2. The highest BCUT2D eigenvalue weighted by atomic mass is 32.1. The fourth-order valence-electron chi connectivity index (χ4n) is 3.03. The fraction of sp³-hybridized carbons (Fsp3) is 0.667. The molecule has 0 unspecified atom stereocenters. The SMILES string of the molecule is Cc1cc(NC(=O)C(C)(C)C)sc1C(=O)N1C[C@H](C)C[C@H](C)C1. The number of hydrogen-bond donors (Lipinski definition) is 1. The monoisotopic (exact) mass is 336 g/mol. The lowest BCUT2D eigenvalue weighted by atomic mass is 9.92. The van der Waals surface area contributed by atoms with Crippen LogP contribution in [0.4, 0.5) is 5.00 Å². The van der Waals surface area contributed by atoms with Crippen LogP contribution in [0.2, 0.25) is 0 Å². The van der Waals surface area contributed by atoms with Gasteiger partial charge in [0.1, 0.15) is 0 Å². The summed E-state index contributed by atoms with van der Waals surface area (Å²) in [5.41, 5.74) is 0.495. The molecular weight excluding hydrogens is 308 g/mol. The van der Waals surface area contributed by atoms with Crippen LogP contribution in [0.15, 0.2) is 6.07 Å². The van der Waals surface area contributed by atoms with E-state index in [9.17, 15) is 9.59 Å². The van der Waals surface area contributed by atoms with Gasteiger partial charge in [-0.1, -0.05) is 34.6 Å². The highest BCUT2D eigenvalue weighted by Crippen LogP contribution is 2.31. The van der Waals surface area contributed by atoms with E-state index in [1.54, 1.807) is 0 Å². The standard InChI is InChI=1S/C18H28N2O2S/c1-11-7-12(2)10-20(9-11)16(21)15-13(3)8-14(23-15)19-17(22)18(4,5)6/h8,11-12H,7,9-10H2,1-6H3,(H,19,22)/t11-,12+. The fourth-order valence-corrected chi connectivity index (χ4v) is 4.06. The Morgan fingerprint density at radius 3 is 2.30 bits per heavy atom. The Bertz CT molecular complexity index is 591. The zero-order valence-electron chi connectivity index (χ0n) is 15.0. The second kappa shape index (κ2) is 6.63. The number of nitrogens with zero attached hydrogens (tertiary/aromatic N) is 1. The first-order chi connectivity index (χ1) is 10.6. The van der Waals surface area contributed by atoms with Crippen LogP contribution < -0.4 is 5.32 Å². The molecule has 2 rings (SSSR count). The lowest BCUT2D eigenvalue weighted by Crippen LogP contribution is -2.42. The summed E-state index contributed by atoms with van der Waals surface area (Å²) in [4.78, 5) is 27.7. The molecule has 2 heterocycles. The van der Waals surface area contributed by atoms with Gasteiger partial charge in [-0.2, -0.15) is 0 Å². The molecule has 2 amide bonds. The summed E-state index contributed by atoms with van der Waals surface area (Å²) in [6.07, 6.45) is 1.18. The number of piperidine rings is 1. The number of aryl methyl sites for hydroxylation is 1. The third kappa shape index (κ3) is 4.34. The molecular formula is C18H28N2O2S. The predicted octanol–water partition coefficient (Wildman–Crippen LogP) is 4.16. The van der Waals surface area contributed by atoms with Crippen molar-refractivity contribution in [3.63, 3.8) is 0 Å². The number of nitrogens with one attached hydrogen (secondary N) is 1. The number of carbonyl (C=O) groups is 2. The summed E-state index contributed by atoms with van der Waals surface area (Å²) >= 11 is 1.38. The third-order valence-corrected chi connectivity index (χ3v) is 5.33. The summed E-state index contributed by atoms with van der Waals surface area (Å²) in [5.74, 6) is 1.16. The van der Waals surface area contributed by atoms with E-state index < -0.39 is 5.41 Å². The topological polar surface area (TPSA) is 49.4 Å². The Balaban J connectivity index is 2.14. The second-order valence-electron chi connectivity index (χ2n) is 7.98. The van der Waals surface area contributed by atoms with Crippen LogP contribution in [0.25, 0.3) is 0 Å². The molecule has 1 saturated heterocycles. The maximum absolute atomic E-state index is 12.8. The molecule has 1 aromatic heterocycles. The van der Waals surface area contributed by atoms with Crippen molar-refractivity contribution in [3.8, 4) is 0 Å². The number of thiophene rings is 1. The molecule has 4 nitrogen and oxygen atoms in total. The van der Waals surface area contributed by atoms with E-state index in [2.05, 4.69) is 19.2 Å². The molecule has 1 aromatic rings. The summed E-state index contributed by atoms with van der Waals surface area (Å²) < 4.78 is 0. The van der Waals surface area contributed by atoms with Gasteiger partial charge in [0.05, 0.1) is 9.88 Å². The van der Waals surface area contributed by atoms with Gasteiger partial charge in [-0.05, 0) is 36.8 Å². The van der Waals surface area contributed by atoms with E-state index in [-0.39, 0.29) is 11.8 Å². The Hall–Kier alpha value is -1.36. The quantitative estimate of drug-likeness (QED) is 0.881. The van der Waals surface area contributed by atoms with Crippen molar-refractivity contribution in [2.45, 2.75) is 48.0 Å². The molecule has 128 valence electrons. The van der Waals surface area contributed by atoms with Crippen molar-refractivity contribution < 1.29 is 9.59 Å².